The molecule has 3 fully saturated rings. The van der Waals surface area contributed by atoms with Gasteiger partial charge in [0.2, 0.25) is 11.8 Å². The minimum Gasteiger partial charge on any atom is -0.385 e. The van der Waals surface area contributed by atoms with E-state index < -0.39 is 23.8 Å². The van der Waals surface area contributed by atoms with E-state index in [4.69, 9.17) is 0 Å². The van der Waals surface area contributed by atoms with Crippen molar-refractivity contribution in [1.82, 2.24) is 24.9 Å². The highest BCUT2D eigenvalue weighted by molar-refractivity contribution is 6.23. The van der Waals surface area contributed by atoms with Crippen LogP contribution in [0.4, 0.5) is 5.69 Å². The van der Waals surface area contributed by atoms with E-state index >= 15 is 0 Å². The minimum atomic E-state index is -0.944. The number of hydrogen-bond donors (Lipinski definition) is 2. The molecule has 2 N–H and O–H groups in total. The molecule has 1 aromatic heterocycles. The fraction of sp³-hybridized carbons (Fsp3) is 0.552. The van der Waals surface area contributed by atoms with Crippen LogP contribution in [-0.2, 0) is 9.59 Å². The molecule has 10 heteroatoms. The summed E-state index contributed by atoms with van der Waals surface area (Å²) in [5.74, 6) is -0.588. The van der Waals surface area contributed by atoms with E-state index in [1.165, 1.54) is 31.2 Å². The van der Waals surface area contributed by atoms with Crippen molar-refractivity contribution < 1.29 is 19.2 Å². The zero-order valence-corrected chi connectivity index (χ0v) is 22.4. The monoisotopic (exact) mass is 532 g/mol. The van der Waals surface area contributed by atoms with Crippen molar-refractivity contribution in [2.75, 3.05) is 32.0 Å². The Balaban J connectivity index is 0.953. The zero-order valence-electron chi connectivity index (χ0n) is 22.4. The number of nitrogens with one attached hydrogen (secondary N) is 2. The Bertz CT molecular complexity index is 1290. The molecule has 10 nitrogen and oxygen atoms in total. The van der Waals surface area contributed by atoms with E-state index in [1.54, 1.807) is 18.2 Å². The maximum atomic E-state index is 13.0. The number of anilines is 1. The summed E-state index contributed by atoms with van der Waals surface area (Å²) in [7, 11) is 2.19. The number of hydrogen-bond acceptors (Lipinski definition) is 7. The van der Waals surface area contributed by atoms with Gasteiger partial charge in [-0.25, -0.2) is 0 Å². The first kappa shape index (κ1) is 25.7. The molecule has 3 aliphatic heterocycles. The lowest BCUT2D eigenvalue weighted by atomic mass is 9.77. The van der Waals surface area contributed by atoms with Gasteiger partial charge in [0.05, 0.1) is 23.4 Å². The molecule has 1 aliphatic carbocycles. The topological polar surface area (TPSA) is 117 Å². The summed E-state index contributed by atoms with van der Waals surface area (Å²) in [6.45, 7) is 3.10. The van der Waals surface area contributed by atoms with Crippen LogP contribution in [0.15, 0.2) is 30.6 Å². The fourth-order valence-corrected chi connectivity index (χ4v) is 6.46. The summed E-state index contributed by atoms with van der Waals surface area (Å²) in [4.78, 5) is 53.0. The van der Waals surface area contributed by atoms with Crippen LogP contribution in [-0.4, -0.2) is 75.9 Å². The molecule has 4 aliphatic rings. The number of piperidine rings is 2. The highest BCUT2D eigenvalue weighted by Crippen LogP contribution is 2.41. The van der Waals surface area contributed by atoms with Crippen LogP contribution >= 0.6 is 0 Å². The Morgan fingerprint density at radius 2 is 1.79 bits per heavy atom. The number of fused-ring (bicyclic) bond motifs is 1. The molecule has 2 saturated heterocycles. The number of benzene rings is 1. The van der Waals surface area contributed by atoms with Crippen LogP contribution in [0.1, 0.15) is 89.6 Å². The molecule has 206 valence electrons. The van der Waals surface area contributed by atoms with Gasteiger partial charge in [-0.2, -0.15) is 5.10 Å². The summed E-state index contributed by atoms with van der Waals surface area (Å²) >= 11 is 0. The van der Waals surface area contributed by atoms with Gasteiger partial charge >= 0.3 is 0 Å². The third-order valence-corrected chi connectivity index (χ3v) is 8.95. The number of amides is 4. The molecule has 4 heterocycles. The fourth-order valence-electron chi connectivity index (χ4n) is 6.46. The van der Waals surface area contributed by atoms with Crippen LogP contribution in [0.2, 0.25) is 0 Å². The quantitative estimate of drug-likeness (QED) is 0.397. The van der Waals surface area contributed by atoms with Crippen molar-refractivity contribution in [3.63, 3.8) is 0 Å². The van der Waals surface area contributed by atoms with E-state index in [1.807, 2.05) is 0 Å². The number of likely N-dealkylation sites (tertiary alicyclic amines) is 1. The Hall–Kier alpha value is -3.53. The van der Waals surface area contributed by atoms with E-state index in [2.05, 4.69) is 44.8 Å². The van der Waals surface area contributed by atoms with Crippen molar-refractivity contribution in [2.24, 2.45) is 5.92 Å². The molecule has 6 rings (SSSR count). The van der Waals surface area contributed by atoms with Gasteiger partial charge in [0.25, 0.3) is 11.8 Å². The second kappa shape index (κ2) is 10.6. The first-order chi connectivity index (χ1) is 18.9. The van der Waals surface area contributed by atoms with Crippen molar-refractivity contribution in [3.8, 4) is 0 Å². The lowest BCUT2D eigenvalue weighted by Gasteiger charge is -2.35. The molecule has 1 atom stereocenters. The molecule has 4 amide bonds. The van der Waals surface area contributed by atoms with Crippen LogP contribution in [0.5, 0.6) is 0 Å². The van der Waals surface area contributed by atoms with Gasteiger partial charge in [-0.3, -0.25) is 34.1 Å². The number of carbonyl (C=O) groups excluding carboxylic acids is 4. The summed E-state index contributed by atoms with van der Waals surface area (Å²) in [6, 6.07) is 4.71. The smallest absolute Gasteiger partial charge is 0.262 e. The maximum absolute atomic E-state index is 13.0. The third kappa shape index (κ3) is 5.09. The molecule has 0 spiro atoms. The van der Waals surface area contributed by atoms with Crippen LogP contribution < -0.4 is 10.6 Å². The second-order valence-corrected chi connectivity index (χ2v) is 11.6. The van der Waals surface area contributed by atoms with E-state index in [0.717, 1.165) is 43.1 Å². The van der Waals surface area contributed by atoms with Crippen molar-refractivity contribution in [3.05, 3.63) is 47.3 Å². The lowest BCUT2D eigenvalue weighted by molar-refractivity contribution is -0.136. The average molecular weight is 533 g/mol. The molecular formula is C29H36N6O4. The molecule has 1 aromatic carbocycles. The van der Waals surface area contributed by atoms with Gasteiger partial charge in [-0.15, -0.1) is 0 Å². The van der Waals surface area contributed by atoms with Gasteiger partial charge in [0, 0.05) is 24.8 Å². The van der Waals surface area contributed by atoms with Crippen LogP contribution in [0.25, 0.3) is 0 Å². The maximum Gasteiger partial charge on any atom is 0.262 e. The van der Waals surface area contributed by atoms with Gasteiger partial charge in [-0.05, 0) is 101 Å². The molecule has 39 heavy (non-hydrogen) atoms. The van der Waals surface area contributed by atoms with E-state index in [0.29, 0.717) is 29.0 Å². The second-order valence-electron chi connectivity index (χ2n) is 11.6. The zero-order chi connectivity index (χ0) is 27.1. The molecule has 1 unspecified atom stereocenters. The van der Waals surface area contributed by atoms with Crippen molar-refractivity contribution in [2.45, 2.75) is 69.4 Å². The van der Waals surface area contributed by atoms with Gasteiger partial charge in [0.1, 0.15) is 6.04 Å². The number of carbonyl (C=O) groups is 4. The molecule has 0 radical (unpaired) electrons. The summed E-state index contributed by atoms with van der Waals surface area (Å²) in [5, 5.41) is 10.3. The predicted octanol–water partition coefficient (Wildman–Crippen LogP) is 2.94. The highest BCUT2D eigenvalue weighted by atomic mass is 16.2. The van der Waals surface area contributed by atoms with Crippen LogP contribution in [0.3, 0.4) is 0 Å². The SMILES string of the molecule is CN1CCC(c2cnn(C3CC(CCCNc4ccc5c(c4)C(=O)N(C4CCC(=O)NC4=O)C5=O)C3)c2)CC1. The number of imide groups is 2. The third-order valence-electron chi connectivity index (χ3n) is 8.95. The van der Waals surface area contributed by atoms with E-state index in [9.17, 15) is 19.2 Å². The summed E-state index contributed by atoms with van der Waals surface area (Å²) in [6.07, 6.45) is 11.5. The Morgan fingerprint density at radius 1 is 1.03 bits per heavy atom. The average Bonchev–Trinajstić information content (AvgIpc) is 3.47. The minimum absolute atomic E-state index is 0.111. The molecule has 0 bridgehead atoms. The highest BCUT2D eigenvalue weighted by Gasteiger charge is 2.44. The summed E-state index contributed by atoms with van der Waals surface area (Å²) in [5.41, 5.74) is 2.78. The summed E-state index contributed by atoms with van der Waals surface area (Å²) < 4.78 is 2.18. The largest absolute Gasteiger partial charge is 0.385 e. The normalized spacial score (nSPS) is 26.0. The lowest BCUT2D eigenvalue weighted by Crippen LogP contribution is -2.54. The van der Waals surface area contributed by atoms with Gasteiger partial charge in [0.15, 0.2) is 0 Å². The van der Waals surface area contributed by atoms with Crippen molar-refractivity contribution >= 4 is 29.3 Å². The Kier molecular flexibility index (Phi) is 6.97. The Morgan fingerprint density at radius 3 is 2.56 bits per heavy atom. The molecular weight excluding hydrogens is 496 g/mol. The number of nitrogens with zero attached hydrogens (tertiary/aromatic N) is 4. The van der Waals surface area contributed by atoms with Gasteiger partial charge < -0.3 is 10.2 Å². The first-order valence-corrected chi connectivity index (χ1v) is 14.2. The first-order valence-electron chi connectivity index (χ1n) is 14.2. The Labute approximate surface area is 228 Å². The number of aromatic nitrogens is 2. The van der Waals surface area contributed by atoms with Crippen molar-refractivity contribution in [1.29, 1.82) is 0 Å². The standard InChI is InChI=1S/C29H36N6O4/c1-33-11-8-19(9-12-33)20-16-31-34(17-20)22-13-18(14-22)3-2-10-30-21-4-5-23-24(15-21)29(39)35(28(23)38)25-6-7-26(36)32-27(25)37/h4-5,15-19,22,25,30H,2-3,6-14H2,1H3,(H,32,36,37). The van der Waals surface area contributed by atoms with Gasteiger partial charge in [-0.1, -0.05) is 0 Å². The van der Waals surface area contributed by atoms with Crippen LogP contribution in [0, 0.1) is 5.92 Å². The molecule has 2 aromatic rings. The van der Waals surface area contributed by atoms with E-state index in [-0.39, 0.29) is 18.7 Å². The number of rotatable bonds is 8. The molecule has 1 saturated carbocycles. The predicted molar refractivity (Wildman–Crippen MR) is 144 cm³/mol.